The van der Waals surface area contributed by atoms with Crippen LogP contribution in [-0.4, -0.2) is 44.7 Å². The molecule has 0 saturated carbocycles. The Morgan fingerprint density at radius 3 is 2.54 bits per heavy atom. The van der Waals surface area contributed by atoms with Crippen LogP contribution in [0.3, 0.4) is 0 Å². The lowest BCUT2D eigenvalue weighted by molar-refractivity contribution is -0.144. The van der Waals surface area contributed by atoms with Crippen LogP contribution in [0.15, 0.2) is 48.5 Å². The summed E-state index contributed by atoms with van der Waals surface area (Å²) >= 11 is 0. The van der Waals surface area contributed by atoms with E-state index in [0.717, 1.165) is 17.5 Å². The largest absolute Gasteiger partial charge is 0.363 e. The molecule has 2 atom stereocenters. The molecule has 4 rings (SSSR count). The number of carbonyl (C=O) groups is 1. The molecular formula is C21H22FNO4S. The van der Waals surface area contributed by atoms with E-state index in [2.05, 4.69) is 0 Å². The molecule has 0 aliphatic carbocycles. The lowest BCUT2D eigenvalue weighted by atomic mass is 9.96. The zero-order chi connectivity index (χ0) is 19.7. The van der Waals surface area contributed by atoms with Gasteiger partial charge in [-0.3, -0.25) is 4.79 Å². The van der Waals surface area contributed by atoms with Gasteiger partial charge in [0, 0.05) is 18.7 Å². The van der Waals surface area contributed by atoms with Crippen LogP contribution in [0.4, 0.5) is 4.39 Å². The van der Waals surface area contributed by atoms with Gasteiger partial charge in [0.05, 0.1) is 17.6 Å². The molecule has 2 aliphatic heterocycles. The molecular weight excluding hydrogens is 381 g/mol. The number of benzene rings is 2. The van der Waals surface area contributed by atoms with Crippen LogP contribution in [0.25, 0.3) is 0 Å². The number of ether oxygens (including phenoxy) is 1. The number of halogens is 1. The highest BCUT2D eigenvalue weighted by Crippen LogP contribution is 2.33. The Kier molecular flexibility index (Phi) is 5.21. The third-order valence-electron chi connectivity index (χ3n) is 5.52. The molecule has 0 N–H and O–H groups in total. The molecule has 148 valence electrons. The number of sulfone groups is 1. The predicted molar refractivity (Wildman–Crippen MR) is 103 cm³/mol. The number of rotatable bonds is 2. The van der Waals surface area contributed by atoms with Gasteiger partial charge in [0.25, 0.3) is 5.91 Å². The van der Waals surface area contributed by atoms with Crippen molar-refractivity contribution in [1.82, 2.24) is 4.90 Å². The quantitative estimate of drug-likeness (QED) is 0.774. The van der Waals surface area contributed by atoms with Crippen molar-refractivity contribution < 1.29 is 22.3 Å². The van der Waals surface area contributed by atoms with E-state index in [4.69, 9.17) is 4.74 Å². The van der Waals surface area contributed by atoms with Crippen LogP contribution in [0, 0.1) is 5.82 Å². The van der Waals surface area contributed by atoms with Crippen molar-refractivity contribution in [3.05, 3.63) is 71.0 Å². The summed E-state index contributed by atoms with van der Waals surface area (Å²) in [7, 11) is -3.57. The van der Waals surface area contributed by atoms with Crippen molar-refractivity contribution in [2.45, 2.75) is 24.2 Å². The van der Waals surface area contributed by atoms with Crippen LogP contribution < -0.4 is 0 Å². The molecule has 0 spiro atoms. The van der Waals surface area contributed by atoms with E-state index in [9.17, 15) is 17.6 Å². The first-order valence-corrected chi connectivity index (χ1v) is 11.1. The van der Waals surface area contributed by atoms with E-state index < -0.39 is 27.0 Å². The molecule has 2 aromatic carbocycles. The molecule has 0 bridgehead atoms. The van der Waals surface area contributed by atoms with Gasteiger partial charge in [0.15, 0.2) is 15.9 Å². The Morgan fingerprint density at radius 2 is 1.75 bits per heavy atom. The minimum absolute atomic E-state index is 0.0914. The van der Waals surface area contributed by atoms with E-state index in [1.807, 2.05) is 24.3 Å². The summed E-state index contributed by atoms with van der Waals surface area (Å²) < 4.78 is 45.5. The topological polar surface area (TPSA) is 63.7 Å². The molecule has 0 aromatic heterocycles. The van der Waals surface area contributed by atoms with Gasteiger partial charge in [-0.2, -0.15) is 0 Å². The Hall–Kier alpha value is -2.25. The van der Waals surface area contributed by atoms with Crippen LogP contribution >= 0.6 is 0 Å². The van der Waals surface area contributed by atoms with E-state index in [0.29, 0.717) is 6.61 Å². The number of carbonyl (C=O) groups excluding carboxylic acids is 1. The first kappa shape index (κ1) is 19.1. The SMILES string of the molecule is O=C(C1OCCc2ccccc21)N1CCC(c2ccccc2F)S(=O)(=O)CC1. The van der Waals surface area contributed by atoms with Crippen molar-refractivity contribution in [3.63, 3.8) is 0 Å². The van der Waals surface area contributed by atoms with E-state index in [-0.39, 0.29) is 36.7 Å². The number of fused-ring (bicyclic) bond motifs is 1. The summed E-state index contributed by atoms with van der Waals surface area (Å²) in [5.74, 6) is -0.941. The van der Waals surface area contributed by atoms with Crippen molar-refractivity contribution in [2.75, 3.05) is 25.4 Å². The molecule has 0 radical (unpaired) electrons. The fourth-order valence-electron chi connectivity index (χ4n) is 4.01. The Balaban J connectivity index is 1.57. The molecule has 2 aliphatic rings. The smallest absolute Gasteiger partial charge is 0.256 e. The second kappa shape index (κ2) is 7.64. The second-order valence-corrected chi connectivity index (χ2v) is 9.49. The normalized spacial score (nSPS) is 24.2. The fourth-order valence-corrected chi connectivity index (χ4v) is 5.82. The molecule has 28 heavy (non-hydrogen) atoms. The molecule has 2 heterocycles. The lowest BCUT2D eigenvalue weighted by Crippen LogP contribution is -2.39. The number of hydrogen-bond donors (Lipinski definition) is 0. The first-order chi connectivity index (χ1) is 13.5. The molecule has 2 unspecified atom stereocenters. The van der Waals surface area contributed by atoms with Crippen LogP contribution in [0.2, 0.25) is 0 Å². The van der Waals surface area contributed by atoms with E-state index in [1.54, 1.807) is 11.0 Å². The van der Waals surface area contributed by atoms with Gasteiger partial charge in [-0.1, -0.05) is 42.5 Å². The minimum atomic E-state index is -3.57. The lowest BCUT2D eigenvalue weighted by Gasteiger charge is -2.30. The van der Waals surface area contributed by atoms with Gasteiger partial charge in [-0.05, 0) is 30.0 Å². The highest BCUT2D eigenvalue weighted by molar-refractivity contribution is 7.91. The van der Waals surface area contributed by atoms with Crippen LogP contribution in [0.5, 0.6) is 0 Å². The average Bonchev–Trinajstić information content (AvgIpc) is 2.85. The highest BCUT2D eigenvalue weighted by Gasteiger charge is 2.37. The number of hydrogen-bond acceptors (Lipinski definition) is 4. The maximum absolute atomic E-state index is 14.2. The summed E-state index contributed by atoms with van der Waals surface area (Å²) in [5, 5.41) is -0.939. The highest BCUT2D eigenvalue weighted by atomic mass is 32.2. The van der Waals surface area contributed by atoms with Gasteiger partial charge in [-0.15, -0.1) is 0 Å². The average molecular weight is 403 g/mol. The maximum Gasteiger partial charge on any atom is 0.256 e. The van der Waals surface area contributed by atoms with Crippen LogP contribution in [-0.2, 0) is 25.8 Å². The molecule has 1 fully saturated rings. The van der Waals surface area contributed by atoms with E-state index >= 15 is 0 Å². The van der Waals surface area contributed by atoms with Gasteiger partial charge in [-0.25, -0.2) is 12.8 Å². The van der Waals surface area contributed by atoms with Crippen molar-refractivity contribution in [1.29, 1.82) is 0 Å². The van der Waals surface area contributed by atoms with Gasteiger partial charge < -0.3 is 9.64 Å². The van der Waals surface area contributed by atoms with E-state index in [1.165, 1.54) is 18.2 Å². The Morgan fingerprint density at radius 1 is 1.04 bits per heavy atom. The third kappa shape index (κ3) is 3.56. The fraction of sp³-hybridized carbons (Fsp3) is 0.381. The molecule has 2 aromatic rings. The summed E-state index contributed by atoms with van der Waals surface area (Å²) in [4.78, 5) is 14.7. The summed E-state index contributed by atoms with van der Waals surface area (Å²) in [6.07, 6.45) is 0.213. The maximum atomic E-state index is 14.2. The predicted octanol–water partition coefficient (Wildman–Crippen LogP) is 2.83. The standard InChI is InChI=1S/C21H22FNO4S/c22-18-8-4-3-7-17(18)19-9-11-23(12-14-28(19,25)26)21(24)20-16-6-2-1-5-15(16)10-13-27-20/h1-8,19-20H,9-14H2. The first-order valence-electron chi connectivity index (χ1n) is 9.41. The van der Waals surface area contributed by atoms with Crippen molar-refractivity contribution in [3.8, 4) is 0 Å². The Labute approximate surface area is 164 Å². The summed E-state index contributed by atoms with van der Waals surface area (Å²) in [6, 6.07) is 13.6. The second-order valence-electron chi connectivity index (χ2n) is 7.19. The molecule has 5 nitrogen and oxygen atoms in total. The van der Waals surface area contributed by atoms with Gasteiger partial charge in [0.2, 0.25) is 0 Å². The minimum Gasteiger partial charge on any atom is -0.363 e. The summed E-state index contributed by atoms with van der Waals surface area (Å²) in [6.45, 7) is 0.796. The number of nitrogens with zero attached hydrogens (tertiary/aromatic N) is 1. The third-order valence-corrected chi connectivity index (χ3v) is 7.63. The molecule has 1 amide bonds. The Bertz CT molecular complexity index is 991. The van der Waals surface area contributed by atoms with Crippen molar-refractivity contribution in [2.24, 2.45) is 0 Å². The van der Waals surface area contributed by atoms with Crippen LogP contribution in [0.1, 0.15) is 34.5 Å². The molecule has 7 heteroatoms. The monoisotopic (exact) mass is 403 g/mol. The zero-order valence-electron chi connectivity index (χ0n) is 15.4. The van der Waals surface area contributed by atoms with Gasteiger partial charge >= 0.3 is 0 Å². The van der Waals surface area contributed by atoms with Crippen molar-refractivity contribution >= 4 is 15.7 Å². The zero-order valence-corrected chi connectivity index (χ0v) is 16.2. The number of amides is 1. The molecule has 1 saturated heterocycles. The van der Waals surface area contributed by atoms with Gasteiger partial charge in [0.1, 0.15) is 5.82 Å². The summed E-state index contributed by atoms with van der Waals surface area (Å²) in [5.41, 5.74) is 2.10.